The van der Waals surface area contributed by atoms with Crippen LogP contribution in [-0.2, 0) is 9.53 Å². The van der Waals surface area contributed by atoms with Gasteiger partial charge in [0.15, 0.2) is 5.82 Å². The van der Waals surface area contributed by atoms with Gasteiger partial charge < -0.3 is 9.64 Å². The zero-order valence-corrected chi connectivity index (χ0v) is 15.0. The number of hydrogen-bond donors (Lipinski definition) is 0. The van der Waals surface area contributed by atoms with Crippen LogP contribution < -0.4 is 0 Å². The molecule has 2 aromatic rings. The molecule has 138 valence electrons. The number of amides is 1. The molecular weight excluding hydrogens is 332 g/mol. The van der Waals surface area contributed by atoms with E-state index in [4.69, 9.17) is 9.72 Å². The molecule has 8 nitrogen and oxygen atoms in total. The van der Waals surface area contributed by atoms with E-state index in [-0.39, 0.29) is 11.9 Å². The Kier molecular flexibility index (Phi) is 4.94. The van der Waals surface area contributed by atoms with E-state index in [9.17, 15) is 4.79 Å². The van der Waals surface area contributed by atoms with E-state index in [1.807, 2.05) is 22.6 Å². The molecule has 2 saturated heterocycles. The molecular formula is C18H24N6O2. The van der Waals surface area contributed by atoms with E-state index >= 15 is 0 Å². The van der Waals surface area contributed by atoms with Gasteiger partial charge in [0.05, 0.1) is 43.9 Å². The minimum absolute atomic E-state index is 0.000168. The molecule has 26 heavy (non-hydrogen) atoms. The second-order valence-electron chi connectivity index (χ2n) is 6.78. The highest BCUT2D eigenvalue weighted by Crippen LogP contribution is 2.31. The van der Waals surface area contributed by atoms with E-state index in [1.165, 1.54) is 0 Å². The highest BCUT2D eigenvalue weighted by molar-refractivity contribution is 5.79. The van der Waals surface area contributed by atoms with Gasteiger partial charge in [-0.3, -0.25) is 19.2 Å². The summed E-state index contributed by atoms with van der Waals surface area (Å²) < 4.78 is 7.27. The third-order valence-electron chi connectivity index (χ3n) is 5.09. The second-order valence-corrected chi connectivity index (χ2v) is 6.78. The number of aryl methyl sites for hydroxylation is 1. The Labute approximate surface area is 152 Å². The minimum Gasteiger partial charge on any atom is -0.379 e. The van der Waals surface area contributed by atoms with Gasteiger partial charge in [0, 0.05) is 32.0 Å². The quantitative estimate of drug-likeness (QED) is 0.812. The van der Waals surface area contributed by atoms with Crippen LogP contribution in [0.2, 0.25) is 0 Å². The van der Waals surface area contributed by atoms with Gasteiger partial charge in [0.2, 0.25) is 5.91 Å². The average molecular weight is 356 g/mol. The van der Waals surface area contributed by atoms with Gasteiger partial charge in [-0.05, 0) is 19.8 Å². The number of carbonyl (C=O) groups is 1. The zero-order valence-electron chi connectivity index (χ0n) is 15.0. The van der Waals surface area contributed by atoms with Crippen molar-refractivity contribution in [3.05, 3.63) is 36.3 Å². The fourth-order valence-corrected chi connectivity index (χ4v) is 3.68. The fraction of sp³-hybridized carbons (Fsp3) is 0.556. The Balaban J connectivity index is 1.51. The first-order valence-electron chi connectivity index (χ1n) is 9.14. The number of likely N-dealkylation sites (tertiary alicyclic amines) is 1. The summed E-state index contributed by atoms with van der Waals surface area (Å²) in [5, 5.41) is 0. The maximum Gasteiger partial charge on any atom is 0.237 e. The number of rotatable bonds is 4. The van der Waals surface area contributed by atoms with Gasteiger partial charge in [-0.15, -0.1) is 0 Å². The molecule has 0 spiro atoms. The molecule has 8 heteroatoms. The van der Waals surface area contributed by atoms with Crippen LogP contribution in [0.3, 0.4) is 0 Å². The van der Waals surface area contributed by atoms with Crippen molar-refractivity contribution < 1.29 is 9.53 Å². The number of ether oxygens (including phenoxy) is 1. The molecule has 2 aromatic heterocycles. The van der Waals surface area contributed by atoms with Crippen molar-refractivity contribution in [3.8, 4) is 5.82 Å². The molecule has 2 aliphatic rings. The summed E-state index contributed by atoms with van der Waals surface area (Å²) >= 11 is 0. The number of nitrogens with zero attached hydrogens (tertiary/aromatic N) is 6. The lowest BCUT2D eigenvalue weighted by Gasteiger charge is -2.30. The summed E-state index contributed by atoms with van der Waals surface area (Å²) in [5.74, 6) is 1.77. The molecule has 0 radical (unpaired) electrons. The predicted molar refractivity (Wildman–Crippen MR) is 94.8 cm³/mol. The number of aromatic nitrogens is 4. The Bertz CT molecular complexity index is 771. The normalized spacial score (nSPS) is 21.3. The van der Waals surface area contributed by atoms with E-state index in [1.54, 1.807) is 18.6 Å². The lowest BCUT2D eigenvalue weighted by Crippen LogP contribution is -2.44. The standard InChI is InChI=1S/C18H24N6O2/c1-14-20-4-6-23(14)17-12-19-11-15(21-17)16-3-2-5-24(16)18(25)13-22-7-9-26-10-8-22/h4,6,11-12,16H,2-3,5,7-10,13H2,1H3/t16-/m1/s1. The zero-order chi connectivity index (χ0) is 17.9. The van der Waals surface area contributed by atoms with E-state index in [2.05, 4.69) is 14.9 Å². The molecule has 0 bridgehead atoms. The van der Waals surface area contributed by atoms with Crippen LogP contribution in [0, 0.1) is 6.92 Å². The third kappa shape index (κ3) is 3.47. The van der Waals surface area contributed by atoms with Crippen molar-refractivity contribution in [1.29, 1.82) is 0 Å². The Morgan fingerprint density at radius 1 is 1.27 bits per heavy atom. The molecule has 0 aliphatic carbocycles. The molecule has 1 amide bonds. The van der Waals surface area contributed by atoms with Crippen LogP contribution in [-0.4, -0.2) is 74.6 Å². The molecule has 4 heterocycles. The smallest absolute Gasteiger partial charge is 0.237 e. The maximum atomic E-state index is 12.8. The summed E-state index contributed by atoms with van der Waals surface area (Å²) in [6.45, 7) is 6.21. The first kappa shape index (κ1) is 17.1. The molecule has 0 N–H and O–H groups in total. The van der Waals surface area contributed by atoms with Gasteiger partial charge in [0.25, 0.3) is 0 Å². The Hall–Kier alpha value is -2.32. The van der Waals surface area contributed by atoms with Crippen molar-refractivity contribution in [3.63, 3.8) is 0 Å². The number of imidazole rings is 1. The van der Waals surface area contributed by atoms with Gasteiger partial charge in [-0.25, -0.2) is 9.97 Å². The van der Waals surface area contributed by atoms with Crippen LogP contribution in [0.1, 0.15) is 30.4 Å². The number of carbonyl (C=O) groups excluding carboxylic acids is 1. The van der Waals surface area contributed by atoms with Gasteiger partial charge in [-0.2, -0.15) is 0 Å². The number of morpholine rings is 1. The molecule has 0 saturated carbocycles. The van der Waals surface area contributed by atoms with Gasteiger partial charge in [0.1, 0.15) is 5.82 Å². The molecule has 2 fully saturated rings. The molecule has 0 unspecified atom stereocenters. The minimum atomic E-state index is -0.000168. The fourth-order valence-electron chi connectivity index (χ4n) is 3.68. The first-order valence-corrected chi connectivity index (χ1v) is 9.14. The number of hydrogen-bond acceptors (Lipinski definition) is 6. The monoisotopic (exact) mass is 356 g/mol. The first-order chi connectivity index (χ1) is 12.7. The molecule has 4 rings (SSSR count). The summed E-state index contributed by atoms with van der Waals surface area (Å²) in [6, 6.07) is -0.000168. The second kappa shape index (κ2) is 7.51. The SMILES string of the molecule is Cc1nccn1-c1cncc([C@H]2CCCN2C(=O)CN2CCOCC2)n1. The van der Waals surface area contributed by atoms with E-state index in [0.29, 0.717) is 19.8 Å². The van der Waals surface area contributed by atoms with Crippen LogP contribution in [0.4, 0.5) is 0 Å². The van der Waals surface area contributed by atoms with Gasteiger partial charge >= 0.3 is 0 Å². The Morgan fingerprint density at radius 2 is 2.12 bits per heavy atom. The van der Waals surface area contributed by atoms with E-state index < -0.39 is 0 Å². The van der Waals surface area contributed by atoms with Gasteiger partial charge in [-0.1, -0.05) is 0 Å². The van der Waals surface area contributed by atoms with E-state index in [0.717, 1.165) is 49.8 Å². The lowest BCUT2D eigenvalue weighted by atomic mass is 10.1. The van der Waals surface area contributed by atoms with Crippen molar-refractivity contribution in [1.82, 2.24) is 29.3 Å². The van der Waals surface area contributed by atoms with Crippen molar-refractivity contribution in [2.75, 3.05) is 39.4 Å². The third-order valence-corrected chi connectivity index (χ3v) is 5.09. The molecule has 1 atom stereocenters. The molecule has 0 aromatic carbocycles. The van der Waals surface area contributed by atoms with Crippen LogP contribution >= 0.6 is 0 Å². The Morgan fingerprint density at radius 3 is 2.88 bits per heavy atom. The maximum absolute atomic E-state index is 12.8. The largest absolute Gasteiger partial charge is 0.379 e. The van der Waals surface area contributed by atoms with Crippen LogP contribution in [0.5, 0.6) is 0 Å². The predicted octanol–water partition coefficient (Wildman–Crippen LogP) is 0.966. The average Bonchev–Trinajstić information content (AvgIpc) is 3.32. The highest BCUT2D eigenvalue weighted by atomic mass is 16.5. The summed E-state index contributed by atoms with van der Waals surface area (Å²) in [6.07, 6.45) is 9.05. The highest BCUT2D eigenvalue weighted by Gasteiger charge is 2.32. The van der Waals surface area contributed by atoms with Crippen molar-refractivity contribution in [2.45, 2.75) is 25.8 Å². The van der Waals surface area contributed by atoms with Crippen LogP contribution in [0.25, 0.3) is 5.82 Å². The van der Waals surface area contributed by atoms with Crippen molar-refractivity contribution in [2.24, 2.45) is 0 Å². The molecule has 2 aliphatic heterocycles. The summed E-state index contributed by atoms with van der Waals surface area (Å²) in [7, 11) is 0. The van der Waals surface area contributed by atoms with Crippen molar-refractivity contribution >= 4 is 5.91 Å². The topological polar surface area (TPSA) is 76.4 Å². The summed E-state index contributed by atoms with van der Waals surface area (Å²) in [4.78, 5) is 30.3. The lowest BCUT2D eigenvalue weighted by molar-refractivity contribution is -0.134. The van der Waals surface area contributed by atoms with Crippen LogP contribution in [0.15, 0.2) is 24.8 Å². The summed E-state index contributed by atoms with van der Waals surface area (Å²) in [5.41, 5.74) is 0.850.